The number of hydrogen-bond acceptors (Lipinski definition) is 0. The molecule has 0 amide bonds. The molecule has 0 fully saturated rings. The van der Waals surface area contributed by atoms with E-state index in [-0.39, 0.29) is 0 Å². The van der Waals surface area contributed by atoms with Gasteiger partial charge < -0.3 is 0 Å². The molecule has 1 rings (SSSR count). The minimum absolute atomic E-state index is 0.500. The molecule has 0 spiro atoms. The van der Waals surface area contributed by atoms with E-state index in [4.69, 9.17) is 0 Å². The first kappa shape index (κ1) is 13.2. The molecule has 0 aliphatic rings. The lowest BCUT2D eigenvalue weighted by atomic mass is 10.2. The third-order valence-corrected chi connectivity index (χ3v) is 0.940. The lowest BCUT2D eigenvalue weighted by Crippen LogP contribution is -1.62. The minimum Gasteiger partial charge on any atom is -0.255 e. The molecule has 2 heteroatoms. The van der Waals surface area contributed by atoms with Gasteiger partial charge >= 0.3 is 0 Å². The maximum Gasteiger partial charge on any atom is 0.0785 e. The molecule has 11 heavy (non-hydrogen) atoms. The van der Waals surface area contributed by atoms with Gasteiger partial charge in [-0.25, -0.2) is 0 Å². The van der Waals surface area contributed by atoms with Crippen LogP contribution in [0.3, 0.4) is 0 Å². The van der Waals surface area contributed by atoms with Crippen molar-refractivity contribution >= 4 is 15.9 Å². The second kappa shape index (κ2) is 12.3. The van der Waals surface area contributed by atoms with Crippen LogP contribution in [-0.2, 0) is 0 Å². The monoisotopic (exact) mass is 220 g/mol. The van der Waals surface area contributed by atoms with Gasteiger partial charge in [0, 0.05) is 0 Å². The Balaban J connectivity index is 0. The largest absolute Gasteiger partial charge is 0.255 e. The Hall–Kier alpha value is -0.370. The van der Waals surface area contributed by atoms with E-state index in [0.717, 1.165) is 0 Å². The SMILES string of the molecule is CBr.CF.Cc1ccccc1. The molecule has 0 aliphatic heterocycles. The van der Waals surface area contributed by atoms with E-state index in [9.17, 15) is 4.39 Å². The van der Waals surface area contributed by atoms with Crippen LogP contribution in [0.5, 0.6) is 0 Å². The molecule has 1 aromatic carbocycles. The Bertz CT molecular complexity index is 139. The summed E-state index contributed by atoms with van der Waals surface area (Å²) in [5, 5.41) is 0. The molecule has 1 aromatic rings. The average molecular weight is 221 g/mol. The Labute approximate surface area is 76.6 Å². The first-order valence-corrected chi connectivity index (χ1v) is 4.75. The van der Waals surface area contributed by atoms with E-state index in [0.29, 0.717) is 7.18 Å². The third kappa shape index (κ3) is 9.63. The number of hydrogen-bond donors (Lipinski definition) is 0. The zero-order valence-corrected chi connectivity index (χ0v) is 8.73. The molecule has 0 nitrogen and oxygen atoms in total. The fourth-order valence-corrected chi connectivity index (χ4v) is 0.534. The molecule has 64 valence electrons. The molecular formula is C9H14BrF. The maximum atomic E-state index is 9.50. The van der Waals surface area contributed by atoms with Gasteiger partial charge in [-0.2, -0.15) is 0 Å². The summed E-state index contributed by atoms with van der Waals surface area (Å²) in [5.41, 5.74) is 1.32. The average Bonchev–Trinajstić information content (AvgIpc) is 2.13. The summed E-state index contributed by atoms with van der Waals surface area (Å²) in [5.74, 6) is 1.81. The minimum atomic E-state index is 0.500. The molecular weight excluding hydrogens is 207 g/mol. The van der Waals surface area contributed by atoms with Gasteiger partial charge in [0.25, 0.3) is 0 Å². The van der Waals surface area contributed by atoms with Crippen LogP contribution >= 0.6 is 15.9 Å². The summed E-state index contributed by atoms with van der Waals surface area (Å²) in [6.45, 7) is 2.08. The van der Waals surface area contributed by atoms with Gasteiger partial charge in [0.05, 0.1) is 7.18 Å². The van der Waals surface area contributed by atoms with E-state index >= 15 is 0 Å². The Kier molecular flexibility index (Phi) is 14.8. The summed E-state index contributed by atoms with van der Waals surface area (Å²) < 4.78 is 9.50. The maximum absolute atomic E-state index is 9.50. The highest BCUT2D eigenvalue weighted by atomic mass is 79.9. The molecule has 0 bridgehead atoms. The summed E-state index contributed by atoms with van der Waals surface area (Å²) in [6.07, 6.45) is 0. The fraction of sp³-hybridized carbons (Fsp3) is 0.333. The lowest BCUT2D eigenvalue weighted by Gasteiger charge is -1.82. The summed E-state index contributed by atoms with van der Waals surface area (Å²) >= 11 is 2.94. The molecule has 0 radical (unpaired) electrons. The van der Waals surface area contributed by atoms with Crippen molar-refractivity contribution in [3.8, 4) is 0 Å². The van der Waals surface area contributed by atoms with Gasteiger partial charge in [0.15, 0.2) is 0 Å². The first-order valence-electron chi connectivity index (χ1n) is 3.17. The first-order chi connectivity index (χ1) is 5.39. The fourth-order valence-electron chi connectivity index (χ4n) is 0.534. The van der Waals surface area contributed by atoms with Crippen molar-refractivity contribution in [1.29, 1.82) is 0 Å². The van der Waals surface area contributed by atoms with Crippen LogP contribution in [0.1, 0.15) is 5.56 Å². The highest BCUT2D eigenvalue weighted by molar-refractivity contribution is 9.08. The standard InChI is InChI=1S/C7H8.CH3Br.CH3F/c1-7-5-3-2-4-6-7;2*1-2/h2-6H,1H3;2*1H3. The van der Waals surface area contributed by atoms with E-state index < -0.39 is 0 Å². The molecule has 0 aromatic heterocycles. The zero-order valence-electron chi connectivity index (χ0n) is 7.14. The lowest BCUT2D eigenvalue weighted by molar-refractivity contribution is 0.636. The highest BCUT2D eigenvalue weighted by Gasteiger charge is 1.72. The summed E-state index contributed by atoms with van der Waals surface area (Å²) in [4.78, 5) is 0. The predicted molar refractivity (Wildman–Crippen MR) is 53.1 cm³/mol. The van der Waals surface area contributed by atoms with Crippen LogP contribution in [0, 0.1) is 6.92 Å². The number of benzene rings is 1. The van der Waals surface area contributed by atoms with Crippen molar-refractivity contribution in [3.05, 3.63) is 35.9 Å². The topological polar surface area (TPSA) is 0 Å². The van der Waals surface area contributed by atoms with Gasteiger partial charge in [0.1, 0.15) is 0 Å². The van der Waals surface area contributed by atoms with Crippen LogP contribution in [0.4, 0.5) is 4.39 Å². The number of aryl methyl sites for hydroxylation is 1. The van der Waals surface area contributed by atoms with Gasteiger partial charge in [0.2, 0.25) is 0 Å². The number of rotatable bonds is 0. The van der Waals surface area contributed by atoms with Crippen LogP contribution in [0.2, 0.25) is 0 Å². The van der Waals surface area contributed by atoms with Gasteiger partial charge in [-0.3, -0.25) is 4.39 Å². The summed E-state index contributed by atoms with van der Waals surface area (Å²) in [7, 11) is 0.500. The van der Waals surface area contributed by atoms with E-state index in [1.165, 1.54) is 5.56 Å². The molecule has 0 saturated heterocycles. The van der Waals surface area contributed by atoms with E-state index in [2.05, 4.69) is 35.0 Å². The van der Waals surface area contributed by atoms with Crippen molar-refractivity contribution in [3.63, 3.8) is 0 Å². The molecule has 0 N–H and O–H groups in total. The van der Waals surface area contributed by atoms with Crippen molar-refractivity contribution in [2.24, 2.45) is 0 Å². The third-order valence-electron chi connectivity index (χ3n) is 0.940. The quantitative estimate of drug-likeness (QED) is 0.587. The molecule has 0 unspecified atom stereocenters. The zero-order chi connectivity index (χ0) is 9.11. The van der Waals surface area contributed by atoms with Crippen LogP contribution in [-0.4, -0.2) is 13.0 Å². The van der Waals surface area contributed by atoms with Crippen LogP contribution in [0.25, 0.3) is 0 Å². The molecule has 0 heterocycles. The highest BCUT2D eigenvalue weighted by Crippen LogP contribution is 1.92. The van der Waals surface area contributed by atoms with E-state index in [1.54, 1.807) is 0 Å². The Morgan fingerprint density at radius 3 is 1.55 bits per heavy atom. The Morgan fingerprint density at radius 1 is 1.00 bits per heavy atom. The smallest absolute Gasteiger partial charge is 0.0785 e. The predicted octanol–water partition coefficient (Wildman–Crippen LogP) is 3.59. The number of alkyl halides is 2. The van der Waals surface area contributed by atoms with Crippen molar-refractivity contribution in [1.82, 2.24) is 0 Å². The van der Waals surface area contributed by atoms with Crippen LogP contribution in [0.15, 0.2) is 30.3 Å². The van der Waals surface area contributed by atoms with Crippen LogP contribution < -0.4 is 0 Å². The molecule has 0 aliphatic carbocycles. The van der Waals surface area contributed by atoms with Crippen molar-refractivity contribution < 1.29 is 4.39 Å². The van der Waals surface area contributed by atoms with Crippen molar-refractivity contribution in [2.45, 2.75) is 6.92 Å². The van der Waals surface area contributed by atoms with Gasteiger partial charge in [-0.15, -0.1) is 0 Å². The summed E-state index contributed by atoms with van der Waals surface area (Å²) in [6, 6.07) is 10.3. The number of halogens is 2. The Morgan fingerprint density at radius 2 is 1.36 bits per heavy atom. The van der Waals surface area contributed by atoms with Gasteiger partial charge in [-0.05, 0) is 12.8 Å². The molecule has 0 saturated carbocycles. The normalized spacial score (nSPS) is 6.64. The second-order valence-electron chi connectivity index (χ2n) is 1.65. The second-order valence-corrected chi connectivity index (χ2v) is 1.65. The van der Waals surface area contributed by atoms with Crippen molar-refractivity contribution in [2.75, 3.05) is 13.0 Å². The van der Waals surface area contributed by atoms with E-state index in [1.807, 2.05) is 24.0 Å². The molecule has 0 atom stereocenters. The van der Waals surface area contributed by atoms with Gasteiger partial charge in [-0.1, -0.05) is 51.8 Å².